The Morgan fingerprint density at radius 3 is 2.56 bits per heavy atom. The largest absolute Gasteiger partial charge is 0.380 e. The Kier molecular flexibility index (Phi) is 9.44. The minimum atomic E-state index is -0.249. The van der Waals surface area contributed by atoms with Gasteiger partial charge in [0.2, 0.25) is 0 Å². The fourth-order valence-corrected chi connectivity index (χ4v) is 2.41. The third-order valence-corrected chi connectivity index (χ3v) is 3.75. The molecule has 4 nitrogen and oxygen atoms in total. The van der Waals surface area contributed by atoms with Gasteiger partial charge in [-0.15, -0.1) is 24.0 Å². The summed E-state index contributed by atoms with van der Waals surface area (Å²) in [6.45, 7) is 2.90. The number of benzene rings is 2. The van der Waals surface area contributed by atoms with E-state index in [1.54, 1.807) is 26.3 Å². The fourth-order valence-electron chi connectivity index (χ4n) is 2.41. The third kappa shape index (κ3) is 6.62. The number of nitrogens with one attached hydrogen (secondary N) is 2. The Bertz CT molecular complexity index is 680. The lowest BCUT2D eigenvalue weighted by Gasteiger charge is -2.18. The summed E-state index contributed by atoms with van der Waals surface area (Å²) in [7, 11) is 3.29. The Balaban J connectivity index is 0.00000312. The molecule has 0 fully saturated rings. The molecule has 2 aromatic carbocycles. The second kappa shape index (κ2) is 11.0. The van der Waals surface area contributed by atoms with Crippen molar-refractivity contribution in [3.8, 4) is 0 Å². The molecule has 0 heterocycles. The second-order valence-corrected chi connectivity index (χ2v) is 5.56. The maximum atomic E-state index is 13.6. The highest BCUT2D eigenvalue weighted by Crippen LogP contribution is 2.13. The summed E-state index contributed by atoms with van der Waals surface area (Å²) in [6.07, 6.45) is 0. The first-order valence-corrected chi connectivity index (χ1v) is 7.92. The summed E-state index contributed by atoms with van der Waals surface area (Å²) < 4.78 is 18.7. The number of hydrogen-bond donors (Lipinski definition) is 2. The molecule has 0 radical (unpaired) electrons. The van der Waals surface area contributed by atoms with E-state index in [9.17, 15) is 4.39 Å². The van der Waals surface area contributed by atoms with Crippen LogP contribution < -0.4 is 10.6 Å². The van der Waals surface area contributed by atoms with Crippen molar-refractivity contribution in [2.24, 2.45) is 4.99 Å². The SMILES string of the molecule is CN=C(NCc1ccc(F)c(COC)c1)NC(C)c1ccccc1.I. The van der Waals surface area contributed by atoms with Crippen molar-refractivity contribution >= 4 is 29.9 Å². The molecule has 0 saturated carbocycles. The molecule has 0 bridgehead atoms. The lowest BCUT2D eigenvalue weighted by Crippen LogP contribution is -2.38. The van der Waals surface area contributed by atoms with E-state index in [0.717, 1.165) is 5.56 Å². The van der Waals surface area contributed by atoms with E-state index in [4.69, 9.17) is 4.74 Å². The summed E-state index contributed by atoms with van der Waals surface area (Å²) in [5.74, 6) is 0.449. The summed E-state index contributed by atoms with van der Waals surface area (Å²) in [4.78, 5) is 4.24. The van der Waals surface area contributed by atoms with Gasteiger partial charge in [-0.25, -0.2) is 4.39 Å². The molecule has 2 rings (SSSR count). The van der Waals surface area contributed by atoms with Crippen molar-refractivity contribution < 1.29 is 9.13 Å². The van der Waals surface area contributed by atoms with Gasteiger partial charge in [-0.2, -0.15) is 0 Å². The molecule has 25 heavy (non-hydrogen) atoms. The Labute approximate surface area is 165 Å². The van der Waals surface area contributed by atoms with Crippen LogP contribution in [0.2, 0.25) is 0 Å². The minimum absolute atomic E-state index is 0. The predicted octanol–water partition coefficient (Wildman–Crippen LogP) is 4.02. The average Bonchev–Trinajstić information content (AvgIpc) is 2.61. The molecule has 0 aromatic heterocycles. The first kappa shape index (κ1) is 21.4. The van der Waals surface area contributed by atoms with Gasteiger partial charge in [0.25, 0.3) is 0 Å². The molecule has 1 atom stereocenters. The summed E-state index contributed by atoms with van der Waals surface area (Å²) in [6, 6.07) is 15.3. The van der Waals surface area contributed by atoms with Gasteiger partial charge in [-0.1, -0.05) is 36.4 Å². The lowest BCUT2D eigenvalue weighted by atomic mass is 10.1. The zero-order valence-electron chi connectivity index (χ0n) is 14.8. The smallest absolute Gasteiger partial charge is 0.191 e. The van der Waals surface area contributed by atoms with Gasteiger partial charge in [0.1, 0.15) is 5.82 Å². The molecule has 0 aliphatic heterocycles. The van der Waals surface area contributed by atoms with Crippen LogP contribution in [0.25, 0.3) is 0 Å². The first-order chi connectivity index (χ1) is 11.6. The monoisotopic (exact) mass is 457 g/mol. The Hall–Kier alpha value is -1.67. The second-order valence-electron chi connectivity index (χ2n) is 5.56. The van der Waals surface area contributed by atoms with Gasteiger partial charge < -0.3 is 15.4 Å². The molecule has 2 N–H and O–H groups in total. The highest BCUT2D eigenvalue weighted by atomic mass is 127. The number of aliphatic imine (C=N–C) groups is 1. The molecule has 0 saturated heterocycles. The molecule has 1 unspecified atom stereocenters. The maximum absolute atomic E-state index is 13.6. The molecule has 0 amide bonds. The normalized spacial score (nSPS) is 12.2. The van der Waals surface area contributed by atoms with Crippen LogP contribution in [0.15, 0.2) is 53.5 Å². The van der Waals surface area contributed by atoms with Gasteiger partial charge in [0.05, 0.1) is 12.6 Å². The number of nitrogens with zero attached hydrogens (tertiary/aromatic N) is 1. The molecule has 0 spiro atoms. The van der Waals surface area contributed by atoms with Crippen molar-refractivity contribution in [3.63, 3.8) is 0 Å². The zero-order valence-corrected chi connectivity index (χ0v) is 17.1. The van der Waals surface area contributed by atoms with Crippen LogP contribution in [0.3, 0.4) is 0 Å². The zero-order chi connectivity index (χ0) is 17.4. The van der Waals surface area contributed by atoms with Gasteiger partial charge in [-0.05, 0) is 30.2 Å². The standard InChI is InChI=1S/C19H24FN3O.HI/c1-14(16-7-5-4-6-8-16)23-19(21-2)22-12-15-9-10-18(20)17(11-15)13-24-3;/h4-11,14H,12-13H2,1-3H3,(H2,21,22,23);1H. The number of rotatable bonds is 6. The molecule has 0 aliphatic rings. The van der Waals surface area contributed by atoms with Gasteiger partial charge >= 0.3 is 0 Å². The van der Waals surface area contributed by atoms with Crippen LogP contribution in [0.5, 0.6) is 0 Å². The summed E-state index contributed by atoms with van der Waals surface area (Å²) >= 11 is 0. The highest BCUT2D eigenvalue weighted by molar-refractivity contribution is 14.0. The van der Waals surface area contributed by atoms with E-state index in [2.05, 4.69) is 34.7 Å². The number of methoxy groups -OCH3 is 1. The highest BCUT2D eigenvalue weighted by Gasteiger charge is 2.08. The van der Waals surface area contributed by atoms with E-state index in [1.165, 1.54) is 11.6 Å². The van der Waals surface area contributed by atoms with Crippen LogP contribution in [0.4, 0.5) is 4.39 Å². The van der Waals surface area contributed by atoms with E-state index >= 15 is 0 Å². The topological polar surface area (TPSA) is 45.7 Å². The third-order valence-electron chi connectivity index (χ3n) is 3.75. The van der Waals surface area contributed by atoms with E-state index in [0.29, 0.717) is 18.1 Å². The maximum Gasteiger partial charge on any atom is 0.191 e. The van der Waals surface area contributed by atoms with Crippen LogP contribution in [-0.2, 0) is 17.9 Å². The van der Waals surface area contributed by atoms with E-state index < -0.39 is 0 Å². The van der Waals surface area contributed by atoms with Crippen molar-refractivity contribution in [2.45, 2.75) is 26.1 Å². The minimum Gasteiger partial charge on any atom is -0.380 e. The molecule has 0 aliphatic carbocycles. The van der Waals surface area contributed by atoms with Crippen molar-refractivity contribution in [2.75, 3.05) is 14.2 Å². The quantitative estimate of drug-likeness (QED) is 0.392. The van der Waals surface area contributed by atoms with Crippen LogP contribution >= 0.6 is 24.0 Å². The summed E-state index contributed by atoms with van der Waals surface area (Å²) in [5, 5.41) is 6.60. The average molecular weight is 457 g/mol. The Morgan fingerprint density at radius 1 is 1.20 bits per heavy atom. The lowest BCUT2D eigenvalue weighted by molar-refractivity contribution is 0.181. The number of hydrogen-bond acceptors (Lipinski definition) is 2. The predicted molar refractivity (Wildman–Crippen MR) is 111 cm³/mol. The van der Waals surface area contributed by atoms with Crippen molar-refractivity contribution in [3.05, 3.63) is 71.0 Å². The first-order valence-electron chi connectivity index (χ1n) is 7.92. The summed E-state index contributed by atoms with van der Waals surface area (Å²) in [5.41, 5.74) is 2.71. The number of guanidine groups is 1. The van der Waals surface area contributed by atoms with Gasteiger partial charge in [0.15, 0.2) is 5.96 Å². The number of ether oxygens (including phenoxy) is 1. The van der Waals surface area contributed by atoms with Crippen molar-refractivity contribution in [1.82, 2.24) is 10.6 Å². The van der Waals surface area contributed by atoms with Crippen molar-refractivity contribution in [1.29, 1.82) is 0 Å². The molecule has 6 heteroatoms. The number of halogens is 2. The molecule has 136 valence electrons. The van der Waals surface area contributed by atoms with Gasteiger partial charge in [-0.3, -0.25) is 4.99 Å². The molecular formula is C19H25FIN3O. The van der Waals surface area contributed by atoms with Gasteiger partial charge in [0, 0.05) is 26.3 Å². The Morgan fingerprint density at radius 2 is 1.92 bits per heavy atom. The van der Waals surface area contributed by atoms with E-state index in [-0.39, 0.29) is 42.4 Å². The van der Waals surface area contributed by atoms with Crippen LogP contribution in [-0.4, -0.2) is 20.1 Å². The van der Waals surface area contributed by atoms with E-state index in [1.807, 2.05) is 18.2 Å². The molecular weight excluding hydrogens is 432 g/mol. The fraction of sp³-hybridized carbons (Fsp3) is 0.316. The van der Waals surface area contributed by atoms with Crippen LogP contribution in [0.1, 0.15) is 29.7 Å². The molecule has 2 aromatic rings. The van der Waals surface area contributed by atoms with Crippen LogP contribution in [0, 0.1) is 5.82 Å².